The highest BCUT2D eigenvalue weighted by atomic mass is 16.5. The molecule has 1 amide bonds. The summed E-state index contributed by atoms with van der Waals surface area (Å²) in [5.74, 6) is -0.475. The first-order chi connectivity index (χ1) is 12.5. The first-order valence-electron chi connectivity index (χ1n) is 8.72. The van der Waals surface area contributed by atoms with E-state index in [0.717, 1.165) is 19.4 Å². The predicted molar refractivity (Wildman–Crippen MR) is 101 cm³/mol. The zero-order chi connectivity index (χ0) is 18.9. The van der Waals surface area contributed by atoms with E-state index in [9.17, 15) is 9.59 Å². The molecular formula is C19H24N4O3. The number of aryl methyl sites for hydroxylation is 1. The van der Waals surface area contributed by atoms with Gasteiger partial charge in [0.05, 0.1) is 17.9 Å². The lowest BCUT2D eigenvalue weighted by atomic mass is 10.1. The second-order valence-corrected chi connectivity index (χ2v) is 5.72. The first-order valence-corrected chi connectivity index (χ1v) is 8.72. The average Bonchev–Trinajstić information content (AvgIpc) is 2.62. The molecule has 2 N–H and O–H groups in total. The van der Waals surface area contributed by atoms with Gasteiger partial charge in [0.15, 0.2) is 0 Å². The fourth-order valence-electron chi connectivity index (χ4n) is 2.31. The Bertz CT molecular complexity index is 777. The summed E-state index contributed by atoms with van der Waals surface area (Å²) < 4.78 is 5.02. The van der Waals surface area contributed by atoms with Crippen LogP contribution in [-0.2, 0) is 4.74 Å². The zero-order valence-corrected chi connectivity index (χ0v) is 15.3. The van der Waals surface area contributed by atoms with Crippen molar-refractivity contribution in [2.75, 3.05) is 23.8 Å². The number of rotatable bonds is 8. The van der Waals surface area contributed by atoms with Crippen LogP contribution in [-0.4, -0.2) is 35.0 Å². The standard InChI is InChI=1S/C19H24N4O3/c1-4-6-11-20-19-21-13(3)12-16(23-19)17(24)22-15-10-8-7-9-14(15)18(25)26-5-2/h7-10,12H,4-6,11H2,1-3H3,(H,22,24)(H,20,21,23). The highest BCUT2D eigenvalue weighted by Crippen LogP contribution is 2.17. The number of aromatic nitrogens is 2. The Balaban J connectivity index is 2.19. The Morgan fingerprint density at radius 3 is 2.65 bits per heavy atom. The van der Waals surface area contributed by atoms with E-state index in [4.69, 9.17) is 4.74 Å². The summed E-state index contributed by atoms with van der Waals surface area (Å²) in [5, 5.41) is 5.85. The maximum atomic E-state index is 12.6. The molecule has 1 aromatic heterocycles. The molecule has 26 heavy (non-hydrogen) atoms. The minimum Gasteiger partial charge on any atom is -0.462 e. The summed E-state index contributed by atoms with van der Waals surface area (Å²) in [6, 6.07) is 8.32. The van der Waals surface area contributed by atoms with Crippen LogP contribution in [0.2, 0.25) is 0 Å². The minimum atomic E-state index is -0.482. The quantitative estimate of drug-likeness (QED) is 0.556. The predicted octanol–water partition coefficient (Wildman–Crippen LogP) is 3.43. The van der Waals surface area contributed by atoms with Gasteiger partial charge in [-0.1, -0.05) is 25.5 Å². The molecule has 0 aliphatic heterocycles. The number of carbonyl (C=O) groups excluding carboxylic acids is 2. The Hall–Kier alpha value is -2.96. The molecule has 2 rings (SSSR count). The van der Waals surface area contributed by atoms with Crippen LogP contribution in [0.3, 0.4) is 0 Å². The van der Waals surface area contributed by atoms with Crippen molar-refractivity contribution in [3.05, 3.63) is 47.3 Å². The number of nitrogens with zero attached hydrogens (tertiary/aromatic N) is 2. The second-order valence-electron chi connectivity index (χ2n) is 5.72. The molecule has 0 aliphatic rings. The summed E-state index contributed by atoms with van der Waals surface area (Å²) in [6.07, 6.45) is 2.04. The number of amides is 1. The number of hydrogen-bond acceptors (Lipinski definition) is 6. The van der Waals surface area contributed by atoms with Crippen LogP contribution in [0.15, 0.2) is 30.3 Å². The number of esters is 1. The first kappa shape index (κ1) is 19.4. The van der Waals surface area contributed by atoms with Gasteiger partial charge in [-0.3, -0.25) is 4.79 Å². The number of carbonyl (C=O) groups is 2. The normalized spacial score (nSPS) is 10.3. The lowest BCUT2D eigenvalue weighted by molar-refractivity contribution is 0.0527. The Morgan fingerprint density at radius 2 is 1.92 bits per heavy atom. The molecule has 0 unspecified atom stereocenters. The number of para-hydroxylation sites is 1. The number of anilines is 2. The van der Waals surface area contributed by atoms with Crippen LogP contribution in [0.1, 0.15) is 53.2 Å². The van der Waals surface area contributed by atoms with Crippen LogP contribution in [0.4, 0.5) is 11.6 Å². The van der Waals surface area contributed by atoms with E-state index in [1.807, 2.05) is 0 Å². The topological polar surface area (TPSA) is 93.2 Å². The van der Waals surface area contributed by atoms with Gasteiger partial charge in [0.25, 0.3) is 5.91 Å². The molecule has 0 aliphatic carbocycles. The zero-order valence-electron chi connectivity index (χ0n) is 15.3. The van der Waals surface area contributed by atoms with Crippen molar-refractivity contribution in [1.82, 2.24) is 9.97 Å². The van der Waals surface area contributed by atoms with E-state index < -0.39 is 11.9 Å². The third-order valence-corrected chi connectivity index (χ3v) is 3.57. The van der Waals surface area contributed by atoms with E-state index in [0.29, 0.717) is 22.9 Å². The molecule has 0 saturated heterocycles. The number of hydrogen-bond donors (Lipinski definition) is 2. The Labute approximate surface area is 153 Å². The van der Waals surface area contributed by atoms with Crippen molar-refractivity contribution in [3.63, 3.8) is 0 Å². The van der Waals surface area contributed by atoms with Gasteiger partial charge in [-0.15, -0.1) is 0 Å². The van der Waals surface area contributed by atoms with E-state index in [1.54, 1.807) is 44.2 Å². The third kappa shape index (κ3) is 5.27. The largest absolute Gasteiger partial charge is 0.462 e. The van der Waals surface area contributed by atoms with Gasteiger partial charge in [0, 0.05) is 12.2 Å². The lowest BCUT2D eigenvalue weighted by Gasteiger charge is -2.11. The van der Waals surface area contributed by atoms with Gasteiger partial charge in [-0.25, -0.2) is 14.8 Å². The lowest BCUT2D eigenvalue weighted by Crippen LogP contribution is -2.18. The SMILES string of the molecule is CCCCNc1nc(C)cc(C(=O)Nc2ccccc2C(=O)OCC)n1. The molecule has 7 nitrogen and oxygen atoms in total. The highest BCUT2D eigenvalue weighted by Gasteiger charge is 2.16. The monoisotopic (exact) mass is 356 g/mol. The molecule has 0 bridgehead atoms. The van der Waals surface area contributed by atoms with E-state index in [1.165, 1.54) is 0 Å². The van der Waals surface area contributed by atoms with Gasteiger partial charge in [-0.2, -0.15) is 0 Å². The van der Waals surface area contributed by atoms with Gasteiger partial charge in [0.1, 0.15) is 5.69 Å². The van der Waals surface area contributed by atoms with E-state index in [2.05, 4.69) is 27.5 Å². The van der Waals surface area contributed by atoms with Gasteiger partial charge < -0.3 is 15.4 Å². The van der Waals surface area contributed by atoms with Crippen LogP contribution in [0.5, 0.6) is 0 Å². The molecule has 138 valence electrons. The third-order valence-electron chi connectivity index (χ3n) is 3.57. The van der Waals surface area contributed by atoms with E-state index in [-0.39, 0.29) is 12.3 Å². The molecule has 1 heterocycles. The molecule has 0 fully saturated rings. The number of unbranched alkanes of at least 4 members (excludes halogenated alkanes) is 1. The summed E-state index contributed by atoms with van der Waals surface area (Å²) in [7, 11) is 0. The van der Waals surface area contributed by atoms with Gasteiger partial charge in [0.2, 0.25) is 5.95 Å². The van der Waals surface area contributed by atoms with Crippen molar-refractivity contribution in [2.24, 2.45) is 0 Å². The molecule has 2 aromatic rings. The molecule has 1 aromatic carbocycles. The number of benzene rings is 1. The Kier molecular flexibility index (Phi) is 7.08. The molecule has 7 heteroatoms. The fraction of sp³-hybridized carbons (Fsp3) is 0.368. The number of ether oxygens (including phenoxy) is 1. The summed E-state index contributed by atoms with van der Waals surface area (Å²) in [6.45, 7) is 6.64. The van der Waals surface area contributed by atoms with Crippen LogP contribution >= 0.6 is 0 Å². The van der Waals surface area contributed by atoms with Crippen molar-refractivity contribution in [3.8, 4) is 0 Å². The second kappa shape index (κ2) is 9.50. The van der Waals surface area contributed by atoms with Crippen molar-refractivity contribution in [1.29, 1.82) is 0 Å². The van der Waals surface area contributed by atoms with Crippen molar-refractivity contribution >= 4 is 23.5 Å². The fourth-order valence-corrected chi connectivity index (χ4v) is 2.31. The molecule has 0 saturated carbocycles. The van der Waals surface area contributed by atoms with Crippen LogP contribution in [0, 0.1) is 6.92 Å². The Morgan fingerprint density at radius 1 is 1.15 bits per heavy atom. The van der Waals surface area contributed by atoms with E-state index >= 15 is 0 Å². The summed E-state index contributed by atoms with van der Waals surface area (Å²) in [4.78, 5) is 33.2. The van der Waals surface area contributed by atoms with Gasteiger partial charge in [-0.05, 0) is 38.5 Å². The smallest absolute Gasteiger partial charge is 0.340 e. The maximum Gasteiger partial charge on any atom is 0.340 e. The molecule has 0 atom stereocenters. The maximum absolute atomic E-state index is 12.6. The number of nitrogens with one attached hydrogen (secondary N) is 2. The molecule has 0 spiro atoms. The highest BCUT2D eigenvalue weighted by molar-refractivity contribution is 6.07. The van der Waals surface area contributed by atoms with Gasteiger partial charge >= 0.3 is 5.97 Å². The van der Waals surface area contributed by atoms with Crippen LogP contribution in [0.25, 0.3) is 0 Å². The molecular weight excluding hydrogens is 332 g/mol. The average molecular weight is 356 g/mol. The van der Waals surface area contributed by atoms with Crippen molar-refractivity contribution in [2.45, 2.75) is 33.6 Å². The minimum absolute atomic E-state index is 0.232. The molecule has 0 radical (unpaired) electrons. The summed E-state index contributed by atoms with van der Waals surface area (Å²) >= 11 is 0. The van der Waals surface area contributed by atoms with Crippen LogP contribution < -0.4 is 10.6 Å². The van der Waals surface area contributed by atoms with Crippen molar-refractivity contribution < 1.29 is 14.3 Å². The summed E-state index contributed by atoms with van der Waals surface area (Å²) in [5.41, 5.74) is 1.60.